The summed E-state index contributed by atoms with van der Waals surface area (Å²) in [7, 11) is 1.37. The van der Waals surface area contributed by atoms with Crippen molar-refractivity contribution in [2.24, 2.45) is 5.10 Å². The molecule has 0 saturated carbocycles. The Balaban J connectivity index is 1.82. The Morgan fingerprint density at radius 3 is 2.59 bits per heavy atom. The number of hydrazone groups is 1. The predicted octanol–water partition coefficient (Wildman–Crippen LogP) is 3.74. The molecule has 0 aliphatic carbocycles. The van der Waals surface area contributed by atoms with Crippen molar-refractivity contribution in [1.82, 2.24) is 0 Å². The lowest BCUT2D eigenvalue weighted by atomic mass is 10.1. The molecule has 22 heavy (non-hydrogen) atoms. The number of hydrogen-bond donors (Lipinski definition) is 0. The quantitative estimate of drug-likeness (QED) is 0.810. The standard InChI is InChI=1S/C17H15ClN2O2/c1-22-17(21)12-6-8-13(9-7-12)20-11-10-16(19-20)14-4-2-3-5-15(14)18/h2-9H,10-11H2,1H3. The number of anilines is 1. The molecule has 0 aromatic heterocycles. The van der Waals surface area contributed by atoms with Crippen LogP contribution in [0, 0.1) is 0 Å². The topological polar surface area (TPSA) is 41.9 Å². The van der Waals surface area contributed by atoms with Gasteiger partial charge >= 0.3 is 5.97 Å². The first-order valence-electron chi connectivity index (χ1n) is 6.97. The highest BCUT2D eigenvalue weighted by Gasteiger charge is 2.19. The van der Waals surface area contributed by atoms with Crippen LogP contribution in [0.15, 0.2) is 53.6 Å². The van der Waals surface area contributed by atoms with Gasteiger partial charge in [-0.2, -0.15) is 5.10 Å². The number of nitrogens with zero attached hydrogens (tertiary/aromatic N) is 2. The van der Waals surface area contributed by atoms with Crippen molar-refractivity contribution in [3.05, 3.63) is 64.7 Å². The second kappa shape index (κ2) is 6.20. The van der Waals surface area contributed by atoms with Gasteiger partial charge in [0.15, 0.2) is 0 Å². The Kier molecular flexibility index (Phi) is 4.11. The van der Waals surface area contributed by atoms with Crippen LogP contribution in [-0.4, -0.2) is 25.3 Å². The normalized spacial score (nSPS) is 13.9. The second-order valence-electron chi connectivity index (χ2n) is 4.94. The molecule has 0 amide bonds. The molecule has 0 radical (unpaired) electrons. The van der Waals surface area contributed by atoms with Crippen LogP contribution >= 0.6 is 11.6 Å². The lowest BCUT2D eigenvalue weighted by molar-refractivity contribution is 0.0601. The van der Waals surface area contributed by atoms with Gasteiger partial charge in [-0.15, -0.1) is 0 Å². The van der Waals surface area contributed by atoms with E-state index in [0.717, 1.165) is 29.9 Å². The monoisotopic (exact) mass is 314 g/mol. The van der Waals surface area contributed by atoms with Gasteiger partial charge in [0.25, 0.3) is 0 Å². The smallest absolute Gasteiger partial charge is 0.337 e. The Bertz CT molecular complexity index is 726. The Morgan fingerprint density at radius 2 is 1.91 bits per heavy atom. The second-order valence-corrected chi connectivity index (χ2v) is 5.35. The van der Waals surface area contributed by atoms with Crippen LogP contribution < -0.4 is 5.01 Å². The van der Waals surface area contributed by atoms with Crippen LogP contribution in [0.5, 0.6) is 0 Å². The molecule has 5 heteroatoms. The van der Waals surface area contributed by atoms with E-state index in [-0.39, 0.29) is 5.97 Å². The first-order chi connectivity index (χ1) is 10.7. The van der Waals surface area contributed by atoms with Gasteiger partial charge < -0.3 is 4.74 Å². The summed E-state index contributed by atoms with van der Waals surface area (Å²) < 4.78 is 4.69. The number of esters is 1. The summed E-state index contributed by atoms with van der Waals surface area (Å²) in [6, 6.07) is 14.9. The molecule has 1 heterocycles. The third-order valence-corrected chi connectivity index (χ3v) is 3.90. The summed E-state index contributed by atoms with van der Waals surface area (Å²) in [6.45, 7) is 0.790. The third kappa shape index (κ3) is 2.83. The highest BCUT2D eigenvalue weighted by atomic mass is 35.5. The molecule has 0 spiro atoms. The van der Waals surface area contributed by atoms with Crippen LogP contribution in [0.2, 0.25) is 5.02 Å². The van der Waals surface area contributed by atoms with E-state index in [2.05, 4.69) is 5.10 Å². The fourth-order valence-electron chi connectivity index (χ4n) is 2.42. The minimum absolute atomic E-state index is 0.340. The third-order valence-electron chi connectivity index (χ3n) is 3.57. The lowest BCUT2D eigenvalue weighted by Crippen LogP contribution is -2.12. The number of hydrogen-bond acceptors (Lipinski definition) is 4. The number of carbonyl (C=O) groups is 1. The maximum atomic E-state index is 11.4. The molecule has 112 valence electrons. The van der Waals surface area contributed by atoms with Crippen LogP contribution in [0.4, 0.5) is 5.69 Å². The first kappa shape index (κ1) is 14.6. The van der Waals surface area contributed by atoms with E-state index < -0.39 is 0 Å². The summed E-state index contributed by atoms with van der Waals surface area (Å²) in [5.41, 5.74) is 3.41. The molecule has 0 fully saturated rings. The van der Waals surface area contributed by atoms with Gasteiger partial charge in [-0.25, -0.2) is 4.79 Å². The van der Waals surface area contributed by atoms with Gasteiger partial charge in [0.05, 0.1) is 24.1 Å². The maximum Gasteiger partial charge on any atom is 0.337 e. The van der Waals surface area contributed by atoms with Crippen LogP contribution in [0.1, 0.15) is 22.3 Å². The predicted molar refractivity (Wildman–Crippen MR) is 87.7 cm³/mol. The van der Waals surface area contributed by atoms with Crippen molar-refractivity contribution >= 4 is 29.0 Å². The van der Waals surface area contributed by atoms with Crippen LogP contribution in [0.25, 0.3) is 0 Å². The fourth-order valence-corrected chi connectivity index (χ4v) is 2.66. The van der Waals surface area contributed by atoms with E-state index in [4.69, 9.17) is 16.3 Å². The molecule has 3 rings (SSSR count). The van der Waals surface area contributed by atoms with E-state index in [1.807, 2.05) is 41.4 Å². The summed E-state index contributed by atoms with van der Waals surface area (Å²) in [6.07, 6.45) is 0.836. The molecule has 4 nitrogen and oxygen atoms in total. The van der Waals surface area contributed by atoms with E-state index in [1.165, 1.54) is 7.11 Å². The molecule has 1 aliphatic rings. The van der Waals surface area contributed by atoms with Crippen molar-refractivity contribution < 1.29 is 9.53 Å². The Morgan fingerprint density at radius 1 is 1.18 bits per heavy atom. The highest BCUT2D eigenvalue weighted by molar-refractivity contribution is 6.34. The van der Waals surface area contributed by atoms with Crippen LogP contribution in [0.3, 0.4) is 0 Å². The summed E-state index contributed by atoms with van der Waals surface area (Å²) >= 11 is 6.22. The number of carbonyl (C=O) groups excluding carboxylic acids is 1. The van der Waals surface area contributed by atoms with Gasteiger partial charge in [0.2, 0.25) is 0 Å². The van der Waals surface area contributed by atoms with E-state index in [1.54, 1.807) is 12.1 Å². The largest absolute Gasteiger partial charge is 0.465 e. The number of rotatable bonds is 3. The minimum atomic E-state index is -0.340. The first-order valence-corrected chi connectivity index (χ1v) is 7.35. The Hall–Kier alpha value is -2.33. The molecule has 0 atom stereocenters. The van der Waals surface area contributed by atoms with E-state index >= 15 is 0 Å². The molecular formula is C17H15ClN2O2. The van der Waals surface area contributed by atoms with E-state index in [0.29, 0.717) is 10.6 Å². The molecule has 2 aromatic rings. The molecule has 0 N–H and O–H groups in total. The number of halogens is 1. The maximum absolute atomic E-state index is 11.4. The summed E-state index contributed by atoms with van der Waals surface area (Å²) in [5, 5.41) is 7.26. The molecule has 0 unspecified atom stereocenters. The SMILES string of the molecule is COC(=O)c1ccc(N2CCC(c3ccccc3Cl)=N2)cc1. The number of ether oxygens (including phenoxy) is 1. The Labute approximate surface area is 134 Å². The van der Waals surface area contributed by atoms with Crippen molar-refractivity contribution in [2.75, 3.05) is 18.7 Å². The number of benzene rings is 2. The average Bonchev–Trinajstić information content (AvgIpc) is 3.04. The fraction of sp³-hybridized carbons (Fsp3) is 0.176. The van der Waals surface area contributed by atoms with Crippen molar-refractivity contribution in [2.45, 2.75) is 6.42 Å². The highest BCUT2D eigenvalue weighted by Crippen LogP contribution is 2.25. The summed E-state index contributed by atoms with van der Waals surface area (Å²) in [4.78, 5) is 11.4. The minimum Gasteiger partial charge on any atom is -0.465 e. The van der Waals surface area contributed by atoms with Crippen LogP contribution in [-0.2, 0) is 4.74 Å². The zero-order valence-corrected chi connectivity index (χ0v) is 12.9. The molecule has 2 aromatic carbocycles. The zero-order chi connectivity index (χ0) is 15.5. The zero-order valence-electron chi connectivity index (χ0n) is 12.1. The molecular weight excluding hydrogens is 300 g/mol. The van der Waals surface area contributed by atoms with Gasteiger partial charge in [-0.3, -0.25) is 5.01 Å². The summed E-state index contributed by atoms with van der Waals surface area (Å²) in [5.74, 6) is -0.340. The average molecular weight is 315 g/mol. The molecule has 0 bridgehead atoms. The van der Waals surface area contributed by atoms with E-state index in [9.17, 15) is 4.79 Å². The van der Waals surface area contributed by atoms with Gasteiger partial charge in [-0.1, -0.05) is 29.8 Å². The lowest BCUT2D eigenvalue weighted by Gasteiger charge is -2.13. The number of methoxy groups -OCH3 is 1. The van der Waals surface area contributed by atoms with Crippen molar-refractivity contribution in [3.63, 3.8) is 0 Å². The van der Waals surface area contributed by atoms with Gasteiger partial charge in [-0.05, 0) is 30.3 Å². The van der Waals surface area contributed by atoms with Crippen molar-refractivity contribution in [1.29, 1.82) is 0 Å². The van der Waals surface area contributed by atoms with Gasteiger partial charge in [0.1, 0.15) is 0 Å². The molecule has 0 saturated heterocycles. The van der Waals surface area contributed by atoms with Gasteiger partial charge in [0, 0.05) is 23.6 Å². The van der Waals surface area contributed by atoms with Crippen molar-refractivity contribution in [3.8, 4) is 0 Å². The molecule has 1 aliphatic heterocycles.